The van der Waals surface area contributed by atoms with Crippen molar-refractivity contribution in [1.82, 2.24) is 9.97 Å². The lowest BCUT2D eigenvalue weighted by Gasteiger charge is -1.80. The number of hydrogen-bond donors (Lipinski definition) is 2. The lowest BCUT2D eigenvalue weighted by molar-refractivity contribution is -0.361. The quantitative estimate of drug-likeness (QED) is 0.551. The Kier molecular flexibility index (Phi) is 1.16. The van der Waals surface area contributed by atoms with Crippen molar-refractivity contribution in [1.29, 1.82) is 0 Å². The molecule has 2 heterocycles. The van der Waals surface area contributed by atoms with E-state index in [0.29, 0.717) is 11.6 Å². The average molecular weight is 169 g/mol. The Morgan fingerprint density at radius 1 is 1.73 bits per heavy atom. The van der Waals surface area contributed by atoms with E-state index in [0.717, 1.165) is 16.0 Å². The molecule has 2 aromatic heterocycles. The van der Waals surface area contributed by atoms with Crippen molar-refractivity contribution in [3.05, 3.63) is 15.9 Å². The minimum Gasteiger partial charge on any atom is -0.287 e. The van der Waals surface area contributed by atoms with Crippen LogP contribution in [0.25, 0.3) is 10.3 Å². The normalized spacial score (nSPS) is 10.5. The Bertz CT molecular complexity index is 445. The fourth-order valence-corrected chi connectivity index (χ4v) is 1.46. The highest BCUT2D eigenvalue weighted by atomic mass is 32.1. The number of nitrogen functional groups attached to an aromatic ring is 1. The number of aromatic amines is 2. The summed E-state index contributed by atoms with van der Waals surface area (Å²) in [5, 5.41) is 0. The molecule has 0 bridgehead atoms. The van der Waals surface area contributed by atoms with Crippen LogP contribution in [0.2, 0.25) is 0 Å². The van der Waals surface area contributed by atoms with Crippen LogP contribution in [0.1, 0.15) is 0 Å². The van der Waals surface area contributed by atoms with Gasteiger partial charge in [0, 0.05) is 0 Å². The molecule has 0 radical (unpaired) electrons. The summed E-state index contributed by atoms with van der Waals surface area (Å²) in [5.74, 6) is 0.298. The van der Waals surface area contributed by atoms with Crippen molar-refractivity contribution in [2.24, 2.45) is 0 Å². The first-order valence-corrected chi connectivity index (χ1v) is 3.74. The zero-order chi connectivity index (χ0) is 7.84. The maximum Gasteiger partial charge on any atom is 0.389 e. The van der Waals surface area contributed by atoms with Crippen LogP contribution in [0.4, 0.5) is 5.95 Å². The van der Waals surface area contributed by atoms with Crippen LogP contribution < -0.4 is 15.6 Å². The predicted octanol–water partition coefficient (Wildman–Crippen LogP) is -0.619. The molecule has 0 atom stereocenters. The summed E-state index contributed by atoms with van der Waals surface area (Å²) in [6.45, 7) is 0. The minimum atomic E-state index is -0.119. The molecule has 0 amide bonds. The van der Waals surface area contributed by atoms with Crippen LogP contribution >= 0.6 is 11.3 Å². The fourth-order valence-electron chi connectivity index (χ4n) is 0.805. The summed E-state index contributed by atoms with van der Waals surface area (Å²) in [6.07, 6.45) is 1.65. The molecule has 0 unspecified atom stereocenters. The molecule has 5 nitrogen and oxygen atoms in total. The average Bonchev–Trinajstić information content (AvgIpc) is 2.27. The number of anilines is 1. The zero-order valence-corrected chi connectivity index (χ0v) is 6.23. The number of thiazole rings is 1. The topological polar surface area (TPSA) is 85.9 Å². The Balaban J connectivity index is 2.92. The number of nitrogens with one attached hydrogen (secondary N) is 2. The third-order valence-corrected chi connectivity index (χ3v) is 2.06. The van der Waals surface area contributed by atoms with E-state index in [1.54, 1.807) is 6.20 Å². The van der Waals surface area contributed by atoms with Gasteiger partial charge in [0.25, 0.3) is 0 Å². The maximum absolute atomic E-state index is 10.8. The molecular weight excluding hydrogens is 164 g/mol. The Hall–Kier alpha value is -1.43. The van der Waals surface area contributed by atoms with Gasteiger partial charge in [-0.2, -0.15) is 0 Å². The highest BCUT2D eigenvalue weighted by Crippen LogP contribution is 2.07. The molecule has 11 heavy (non-hydrogen) atoms. The highest BCUT2D eigenvalue weighted by molar-refractivity contribution is 7.16. The van der Waals surface area contributed by atoms with Gasteiger partial charge in [0.1, 0.15) is 4.70 Å². The number of nitrogens with zero attached hydrogens (tertiary/aromatic N) is 1. The third-order valence-electron chi connectivity index (χ3n) is 1.24. The van der Waals surface area contributed by atoms with E-state index in [4.69, 9.17) is 5.73 Å². The molecule has 0 aliphatic carbocycles. The molecule has 2 aromatic rings. The zero-order valence-electron chi connectivity index (χ0n) is 5.42. The lowest BCUT2D eigenvalue weighted by atomic mass is 10.6. The van der Waals surface area contributed by atoms with E-state index in [1.807, 2.05) is 0 Å². The van der Waals surface area contributed by atoms with Gasteiger partial charge < -0.3 is 0 Å². The van der Waals surface area contributed by atoms with Gasteiger partial charge >= 0.3 is 10.8 Å². The second-order valence-corrected chi connectivity index (χ2v) is 3.03. The molecule has 0 aliphatic heterocycles. The number of nitrogens with two attached hydrogens (primary N) is 1. The summed E-state index contributed by atoms with van der Waals surface area (Å²) in [6, 6.07) is 0. The molecule has 6 heteroatoms. The lowest BCUT2D eigenvalue weighted by Crippen LogP contribution is -2.11. The van der Waals surface area contributed by atoms with E-state index < -0.39 is 0 Å². The minimum absolute atomic E-state index is 0.119. The van der Waals surface area contributed by atoms with Gasteiger partial charge in [-0.1, -0.05) is 16.3 Å². The molecule has 0 aliphatic rings. The van der Waals surface area contributed by atoms with Gasteiger partial charge in [-0.25, -0.2) is 4.98 Å². The summed E-state index contributed by atoms with van der Waals surface area (Å²) < 4.78 is 0.782. The smallest absolute Gasteiger partial charge is 0.287 e. The standard InChI is InChI=1S/C5H4N4OS/c6-4-7-1-2-3(8-4)9-5(10)11-2/h1H,(H3,6,7,8,9,10)/p+1. The summed E-state index contributed by atoms with van der Waals surface area (Å²) >= 11 is 1.10. The second kappa shape index (κ2) is 2.03. The molecule has 4 N–H and O–H groups in total. The van der Waals surface area contributed by atoms with Crippen molar-refractivity contribution < 1.29 is 4.98 Å². The largest absolute Gasteiger partial charge is 0.389 e. The first-order chi connectivity index (χ1) is 5.25. The molecular formula is C5H5N4OS+. The van der Waals surface area contributed by atoms with Crippen LogP contribution in [-0.4, -0.2) is 9.97 Å². The number of H-pyrrole nitrogens is 2. The van der Waals surface area contributed by atoms with Crippen LogP contribution in [0, 0.1) is 0 Å². The monoisotopic (exact) mass is 169 g/mol. The van der Waals surface area contributed by atoms with Gasteiger partial charge in [-0.15, -0.1) is 0 Å². The third kappa shape index (κ3) is 0.966. The summed E-state index contributed by atoms with van der Waals surface area (Å²) in [7, 11) is 0. The van der Waals surface area contributed by atoms with Crippen molar-refractivity contribution in [3.63, 3.8) is 0 Å². The first-order valence-electron chi connectivity index (χ1n) is 2.93. The maximum atomic E-state index is 10.8. The van der Waals surface area contributed by atoms with Crippen LogP contribution in [0.5, 0.6) is 0 Å². The SMILES string of the molecule is Nc1nc2[nH]c(=O)sc2c[nH+]1. The van der Waals surface area contributed by atoms with Gasteiger partial charge in [-0.05, 0) is 0 Å². The highest BCUT2D eigenvalue weighted by Gasteiger charge is 2.05. The number of aromatic nitrogens is 3. The molecule has 0 spiro atoms. The molecule has 0 saturated heterocycles. The first kappa shape index (κ1) is 6.29. The number of hydrogen-bond acceptors (Lipinski definition) is 4. The van der Waals surface area contributed by atoms with Gasteiger partial charge in [-0.3, -0.25) is 15.5 Å². The van der Waals surface area contributed by atoms with Crippen molar-refractivity contribution in [2.75, 3.05) is 5.73 Å². The molecule has 0 fully saturated rings. The number of rotatable bonds is 0. The van der Waals surface area contributed by atoms with Crippen molar-refractivity contribution in [3.8, 4) is 0 Å². The van der Waals surface area contributed by atoms with E-state index in [2.05, 4.69) is 15.0 Å². The summed E-state index contributed by atoms with van der Waals surface area (Å²) in [4.78, 5) is 19.8. The second-order valence-electron chi connectivity index (χ2n) is 2.01. The molecule has 0 saturated carbocycles. The van der Waals surface area contributed by atoms with Crippen LogP contribution in [0.3, 0.4) is 0 Å². The van der Waals surface area contributed by atoms with E-state index in [9.17, 15) is 4.79 Å². The Morgan fingerprint density at radius 2 is 2.55 bits per heavy atom. The van der Waals surface area contributed by atoms with Crippen molar-refractivity contribution >= 4 is 27.6 Å². The van der Waals surface area contributed by atoms with E-state index in [-0.39, 0.29) is 4.87 Å². The summed E-state index contributed by atoms with van der Waals surface area (Å²) in [5.41, 5.74) is 5.89. The van der Waals surface area contributed by atoms with Crippen LogP contribution in [-0.2, 0) is 0 Å². The Morgan fingerprint density at radius 3 is 3.36 bits per heavy atom. The van der Waals surface area contributed by atoms with E-state index in [1.165, 1.54) is 0 Å². The van der Waals surface area contributed by atoms with Crippen molar-refractivity contribution in [2.45, 2.75) is 0 Å². The molecule has 2 rings (SSSR count). The molecule has 56 valence electrons. The van der Waals surface area contributed by atoms with Gasteiger partial charge in [0.2, 0.25) is 5.65 Å². The number of fused-ring (bicyclic) bond motifs is 1. The van der Waals surface area contributed by atoms with Gasteiger partial charge in [0.15, 0.2) is 0 Å². The predicted molar refractivity (Wildman–Crippen MR) is 41.2 cm³/mol. The Labute approximate surface area is 64.9 Å². The van der Waals surface area contributed by atoms with Crippen LogP contribution in [0.15, 0.2) is 11.0 Å². The molecule has 0 aromatic carbocycles. The van der Waals surface area contributed by atoms with Gasteiger partial charge in [0.05, 0.1) is 6.20 Å². The van der Waals surface area contributed by atoms with E-state index >= 15 is 0 Å². The fraction of sp³-hybridized carbons (Fsp3) is 0.